The first-order valence-corrected chi connectivity index (χ1v) is 14.8. The lowest BCUT2D eigenvalue weighted by Crippen LogP contribution is -1.92. The largest absolute Gasteiger partial charge is 0.309 e. The Bertz CT molecular complexity index is 2350. The molecule has 3 aromatic heterocycles. The van der Waals surface area contributed by atoms with E-state index in [9.17, 15) is 0 Å². The van der Waals surface area contributed by atoms with Gasteiger partial charge in [0.1, 0.15) is 0 Å². The number of aromatic nitrogens is 1. The number of fused-ring (bicyclic) bond motifs is 9. The fourth-order valence-corrected chi connectivity index (χ4v) is 8.73. The summed E-state index contributed by atoms with van der Waals surface area (Å²) in [4.78, 5) is 0. The summed E-state index contributed by atoms with van der Waals surface area (Å²) in [6, 6.07) is 46.8. The summed E-state index contributed by atoms with van der Waals surface area (Å²) in [6.45, 7) is 0. The topological polar surface area (TPSA) is 4.93 Å². The number of benzene rings is 6. The Labute approximate surface area is 232 Å². The Balaban J connectivity index is 1.31. The van der Waals surface area contributed by atoms with Crippen LogP contribution in [-0.2, 0) is 0 Å². The van der Waals surface area contributed by atoms with Crippen LogP contribution in [0.25, 0.3) is 79.0 Å². The van der Waals surface area contributed by atoms with Gasteiger partial charge in [-0.3, -0.25) is 0 Å². The van der Waals surface area contributed by atoms with Crippen LogP contribution in [0.2, 0.25) is 0 Å². The van der Waals surface area contributed by atoms with Gasteiger partial charge in [0.15, 0.2) is 0 Å². The summed E-state index contributed by atoms with van der Waals surface area (Å²) in [6.07, 6.45) is 0. The maximum atomic E-state index is 2.41. The molecule has 9 aromatic rings. The van der Waals surface area contributed by atoms with E-state index in [1.54, 1.807) is 0 Å². The second-order valence-electron chi connectivity index (χ2n) is 10.1. The second-order valence-corrected chi connectivity index (χ2v) is 12.2. The van der Waals surface area contributed by atoms with E-state index >= 15 is 0 Å². The molecule has 0 aliphatic rings. The lowest BCUT2D eigenvalue weighted by atomic mass is 9.98. The summed E-state index contributed by atoms with van der Waals surface area (Å²) >= 11 is 3.80. The Morgan fingerprint density at radius 3 is 1.87 bits per heavy atom. The zero-order valence-electron chi connectivity index (χ0n) is 20.9. The van der Waals surface area contributed by atoms with Gasteiger partial charge in [-0.1, -0.05) is 91.0 Å². The van der Waals surface area contributed by atoms with Crippen molar-refractivity contribution in [3.05, 3.63) is 127 Å². The third-order valence-corrected chi connectivity index (χ3v) is 10.4. The molecule has 0 N–H and O–H groups in total. The maximum absolute atomic E-state index is 2.41. The molecule has 182 valence electrons. The molecule has 0 bridgehead atoms. The number of para-hydroxylation sites is 2. The second kappa shape index (κ2) is 8.03. The molecule has 0 fully saturated rings. The minimum Gasteiger partial charge on any atom is -0.309 e. The molecule has 9 rings (SSSR count). The molecule has 0 aliphatic carbocycles. The van der Waals surface area contributed by atoms with Gasteiger partial charge in [0.05, 0.1) is 11.0 Å². The van der Waals surface area contributed by atoms with Gasteiger partial charge >= 0.3 is 0 Å². The standard InChI is InChI=1S/C36H21NS2/c1-4-15-30-23(9-1)24-10-2-5-16-31(24)37(30)22-19-20-29-34(21-22)38-33-18-8-12-26(35(29)33)28-14-7-13-27-25-11-3-6-17-32(25)39-36(27)28/h1-21H. The van der Waals surface area contributed by atoms with Gasteiger partial charge in [-0.2, -0.15) is 0 Å². The lowest BCUT2D eigenvalue weighted by molar-refractivity contribution is 1.19. The first-order chi connectivity index (χ1) is 19.3. The summed E-state index contributed by atoms with van der Waals surface area (Å²) in [5.41, 5.74) is 6.35. The van der Waals surface area contributed by atoms with Crippen molar-refractivity contribution in [3.8, 4) is 16.8 Å². The van der Waals surface area contributed by atoms with Gasteiger partial charge in [0.25, 0.3) is 0 Å². The highest BCUT2D eigenvalue weighted by Gasteiger charge is 2.17. The highest BCUT2D eigenvalue weighted by atomic mass is 32.1. The van der Waals surface area contributed by atoms with Crippen LogP contribution in [-0.4, -0.2) is 4.57 Å². The van der Waals surface area contributed by atoms with Crippen molar-refractivity contribution < 1.29 is 0 Å². The van der Waals surface area contributed by atoms with E-state index in [1.165, 1.54) is 79.0 Å². The van der Waals surface area contributed by atoms with Crippen LogP contribution < -0.4 is 0 Å². The van der Waals surface area contributed by atoms with Crippen molar-refractivity contribution in [1.82, 2.24) is 4.57 Å². The summed E-state index contributed by atoms with van der Waals surface area (Å²) in [5, 5.41) is 7.96. The summed E-state index contributed by atoms with van der Waals surface area (Å²) < 4.78 is 7.78. The summed E-state index contributed by atoms with van der Waals surface area (Å²) in [7, 11) is 0. The molecule has 0 radical (unpaired) electrons. The smallest absolute Gasteiger partial charge is 0.0541 e. The van der Waals surface area contributed by atoms with E-state index in [4.69, 9.17) is 0 Å². The molecule has 39 heavy (non-hydrogen) atoms. The van der Waals surface area contributed by atoms with Gasteiger partial charge < -0.3 is 4.57 Å². The van der Waals surface area contributed by atoms with Gasteiger partial charge in [-0.25, -0.2) is 0 Å². The molecule has 6 aromatic carbocycles. The van der Waals surface area contributed by atoms with Crippen LogP contribution in [0.3, 0.4) is 0 Å². The number of hydrogen-bond acceptors (Lipinski definition) is 2. The molecule has 0 spiro atoms. The zero-order chi connectivity index (χ0) is 25.5. The van der Waals surface area contributed by atoms with Crippen molar-refractivity contribution in [1.29, 1.82) is 0 Å². The van der Waals surface area contributed by atoms with Gasteiger partial charge in [0.2, 0.25) is 0 Å². The number of hydrogen-bond donors (Lipinski definition) is 0. The van der Waals surface area contributed by atoms with E-state index in [1.807, 2.05) is 22.7 Å². The third kappa shape index (κ3) is 3.00. The maximum Gasteiger partial charge on any atom is 0.0541 e. The SMILES string of the molecule is c1ccc2c(c1)sc1c(-c3cccc4sc5cc(-n6c7ccccc7c7ccccc76)ccc5c34)cccc12. The van der Waals surface area contributed by atoms with Gasteiger partial charge in [-0.15, -0.1) is 22.7 Å². The minimum absolute atomic E-state index is 1.21. The molecule has 1 nitrogen and oxygen atoms in total. The van der Waals surface area contributed by atoms with Crippen LogP contribution in [0.15, 0.2) is 127 Å². The van der Waals surface area contributed by atoms with E-state index in [0.717, 1.165) is 0 Å². The van der Waals surface area contributed by atoms with Crippen molar-refractivity contribution in [2.45, 2.75) is 0 Å². The van der Waals surface area contributed by atoms with E-state index in [-0.39, 0.29) is 0 Å². The predicted octanol–water partition coefficient (Wildman–Crippen LogP) is 11.2. The Morgan fingerprint density at radius 2 is 1.05 bits per heavy atom. The highest BCUT2D eigenvalue weighted by Crippen LogP contribution is 2.45. The highest BCUT2D eigenvalue weighted by molar-refractivity contribution is 7.26. The number of nitrogens with zero attached hydrogens (tertiary/aromatic N) is 1. The van der Waals surface area contributed by atoms with Crippen molar-refractivity contribution in [2.75, 3.05) is 0 Å². The number of rotatable bonds is 2. The average molecular weight is 532 g/mol. The molecule has 0 atom stereocenters. The van der Waals surface area contributed by atoms with Gasteiger partial charge in [-0.05, 0) is 42.0 Å². The first-order valence-electron chi connectivity index (χ1n) is 13.2. The van der Waals surface area contributed by atoms with E-state index in [2.05, 4.69) is 132 Å². The quantitative estimate of drug-likeness (QED) is 0.209. The van der Waals surface area contributed by atoms with Crippen molar-refractivity contribution in [3.63, 3.8) is 0 Å². The molecular formula is C36H21NS2. The Hall–Kier alpha value is -4.44. The molecule has 0 aliphatic heterocycles. The molecule has 0 saturated carbocycles. The molecule has 0 unspecified atom stereocenters. The Morgan fingerprint density at radius 1 is 0.410 bits per heavy atom. The zero-order valence-corrected chi connectivity index (χ0v) is 22.5. The third-order valence-electron chi connectivity index (χ3n) is 8.01. The minimum atomic E-state index is 1.21. The molecule has 0 saturated heterocycles. The van der Waals surface area contributed by atoms with E-state index in [0.29, 0.717) is 0 Å². The normalized spacial score (nSPS) is 12.1. The molecule has 3 heteroatoms. The number of thiophene rings is 2. The Kier molecular flexibility index (Phi) is 4.43. The lowest BCUT2D eigenvalue weighted by Gasteiger charge is -2.09. The fourth-order valence-electron chi connectivity index (χ4n) is 6.34. The van der Waals surface area contributed by atoms with Crippen molar-refractivity contribution in [2.24, 2.45) is 0 Å². The van der Waals surface area contributed by atoms with Gasteiger partial charge in [0, 0.05) is 62.4 Å². The monoisotopic (exact) mass is 531 g/mol. The average Bonchev–Trinajstić information content (AvgIpc) is 3.66. The van der Waals surface area contributed by atoms with Crippen LogP contribution >= 0.6 is 22.7 Å². The predicted molar refractivity (Wildman–Crippen MR) is 172 cm³/mol. The summed E-state index contributed by atoms with van der Waals surface area (Å²) in [5.74, 6) is 0. The van der Waals surface area contributed by atoms with E-state index < -0.39 is 0 Å². The molecule has 3 heterocycles. The van der Waals surface area contributed by atoms with Crippen LogP contribution in [0.5, 0.6) is 0 Å². The van der Waals surface area contributed by atoms with Crippen LogP contribution in [0.1, 0.15) is 0 Å². The first kappa shape index (κ1) is 21.5. The fraction of sp³-hybridized carbons (Fsp3) is 0. The van der Waals surface area contributed by atoms with Crippen molar-refractivity contribution >= 4 is 84.8 Å². The molecular weight excluding hydrogens is 511 g/mol. The van der Waals surface area contributed by atoms with Crippen LogP contribution in [0.4, 0.5) is 0 Å². The van der Waals surface area contributed by atoms with Crippen LogP contribution in [0, 0.1) is 0 Å². The molecule has 0 amide bonds.